The molecule has 1 aromatic carbocycles. The summed E-state index contributed by atoms with van der Waals surface area (Å²) >= 11 is 6.15. The predicted octanol–water partition coefficient (Wildman–Crippen LogP) is 2.78. The number of amides is 2. The van der Waals surface area contributed by atoms with Crippen LogP contribution in [-0.2, 0) is 19.9 Å². The molecule has 0 aliphatic carbocycles. The van der Waals surface area contributed by atoms with Crippen molar-refractivity contribution in [3.8, 4) is 0 Å². The maximum Gasteiger partial charge on any atom is 0.228 e. The Kier molecular flexibility index (Phi) is 6.20. The first-order valence-corrected chi connectivity index (χ1v) is 11.2. The van der Waals surface area contributed by atoms with Crippen LogP contribution in [0.25, 0.3) is 0 Å². The summed E-state index contributed by atoms with van der Waals surface area (Å²) in [6.07, 6.45) is 1.60. The molecule has 3 atom stereocenters. The standard InChI is InChI=1S/C24H27ClN4O3/c1-16(14-24(20-8-3-4-9-26-20)21(30)13-22(31)27-24)23(32)28-10-11-29(17(2)15-28)19-7-5-6-18(25)12-19/h3-9,12,16-17H,10-11,13-15H2,1-2H3,(H,27,31)/t16?,17-,24?/m0/s1. The molecule has 1 aromatic heterocycles. The van der Waals surface area contributed by atoms with Crippen LogP contribution in [0.1, 0.15) is 32.4 Å². The number of ketones is 1. The number of Topliss-reactive ketones (excluding diaryl/α,β-unsaturated/α-hetero) is 1. The van der Waals surface area contributed by atoms with Gasteiger partial charge in [-0.15, -0.1) is 0 Å². The number of piperazine rings is 1. The maximum atomic E-state index is 13.3. The SMILES string of the molecule is CC(CC1(c2ccccn2)NC(=O)CC1=O)C(=O)N1CCN(c2cccc(Cl)c2)[C@@H](C)C1. The van der Waals surface area contributed by atoms with Gasteiger partial charge in [-0.05, 0) is 43.7 Å². The van der Waals surface area contributed by atoms with Crippen LogP contribution in [0.15, 0.2) is 48.7 Å². The Bertz CT molecular complexity index is 1030. The number of hydrogen-bond acceptors (Lipinski definition) is 5. The van der Waals surface area contributed by atoms with E-state index in [4.69, 9.17) is 11.6 Å². The van der Waals surface area contributed by atoms with E-state index in [1.807, 2.05) is 36.1 Å². The number of carbonyl (C=O) groups excluding carboxylic acids is 3. The first kappa shape index (κ1) is 22.3. The largest absolute Gasteiger partial charge is 0.365 e. The zero-order valence-corrected chi connectivity index (χ0v) is 19.0. The van der Waals surface area contributed by atoms with E-state index in [1.165, 1.54) is 0 Å². The van der Waals surface area contributed by atoms with Gasteiger partial charge in [0.2, 0.25) is 11.8 Å². The van der Waals surface area contributed by atoms with Crippen LogP contribution in [0.4, 0.5) is 5.69 Å². The fourth-order valence-electron chi connectivity index (χ4n) is 4.79. The molecular weight excluding hydrogens is 428 g/mol. The van der Waals surface area contributed by atoms with Crippen molar-refractivity contribution in [2.75, 3.05) is 24.5 Å². The van der Waals surface area contributed by atoms with E-state index in [-0.39, 0.29) is 36.5 Å². The lowest BCUT2D eigenvalue weighted by atomic mass is 9.82. The molecule has 0 bridgehead atoms. The van der Waals surface area contributed by atoms with Gasteiger partial charge in [-0.3, -0.25) is 19.4 Å². The fraction of sp³-hybridized carbons (Fsp3) is 0.417. The zero-order chi connectivity index (χ0) is 22.9. The number of rotatable bonds is 5. The number of nitrogens with one attached hydrogen (secondary N) is 1. The van der Waals surface area contributed by atoms with Crippen molar-refractivity contribution in [2.24, 2.45) is 5.92 Å². The number of anilines is 1. The molecule has 2 aromatic rings. The number of aromatic nitrogens is 1. The van der Waals surface area contributed by atoms with E-state index in [0.29, 0.717) is 30.4 Å². The van der Waals surface area contributed by atoms with E-state index < -0.39 is 11.5 Å². The summed E-state index contributed by atoms with van der Waals surface area (Å²) in [5.41, 5.74) is 0.273. The number of carbonyl (C=O) groups is 3. The third-order valence-corrected chi connectivity index (χ3v) is 6.60. The quantitative estimate of drug-likeness (QED) is 0.702. The average Bonchev–Trinajstić information content (AvgIpc) is 3.07. The smallest absolute Gasteiger partial charge is 0.228 e. The van der Waals surface area contributed by atoms with Crippen molar-refractivity contribution >= 4 is 34.9 Å². The molecule has 2 saturated heterocycles. The fourth-order valence-corrected chi connectivity index (χ4v) is 4.98. The van der Waals surface area contributed by atoms with Gasteiger partial charge >= 0.3 is 0 Å². The normalized spacial score (nSPS) is 24.4. The minimum atomic E-state index is -1.25. The van der Waals surface area contributed by atoms with E-state index in [2.05, 4.69) is 22.1 Å². The number of halogens is 1. The van der Waals surface area contributed by atoms with Gasteiger partial charge in [-0.1, -0.05) is 30.7 Å². The van der Waals surface area contributed by atoms with E-state index >= 15 is 0 Å². The summed E-state index contributed by atoms with van der Waals surface area (Å²) in [7, 11) is 0. The summed E-state index contributed by atoms with van der Waals surface area (Å²) in [5, 5.41) is 3.51. The van der Waals surface area contributed by atoms with Gasteiger partial charge in [-0.25, -0.2) is 0 Å². The molecule has 7 nitrogen and oxygen atoms in total. The Morgan fingerprint density at radius 2 is 2.06 bits per heavy atom. The number of benzene rings is 1. The monoisotopic (exact) mass is 454 g/mol. The van der Waals surface area contributed by atoms with Gasteiger partial charge in [0, 0.05) is 48.5 Å². The maximum absolute atomic E-state index is 13.3. The van der Waals surface area contributed by atoms with Crippen LogP contribution in [0, 0.1) is 5.92 Å². The van der Waals surface area contributed by atoms with E-state index in [9.17, 15) is 14.4 Å². The number of hydrogen-bond donors (Lipinski definition) is 1. The first-order valence-electron chi connectivity index (χ1n) is 10.9. The number of pyridine rings is 1. The highest BCUT2D eigenvalue weighted by molar-refractivity contribution is 6.30. The van der Waals surface area contributed by atoms with Crippen LogP contribution in [0.5, 0.6) is 0 Å². The van der Waals surface area contributed by atoms with E-state index in [0.717, 1.165) is 5.69 Å². The van der Waals surface area contributed by atoms with Crippen molar-refractivity contribution in [2.45, 2.75) is 38.3 Å². The second-order valence-corrected chi connectivity index (χ2v) is 9.12. The molecule has 1 N–H and O–H groups in total. The lowest BCUT2D eigenvalue weighted by Crippen LogP contribution is -2.55. The molecular formula is C24H27ClN4O3. The van der Waals surface area contributed by atoms with Crippen molar-refractivity contribution in [3.63, 3.8) is 0 Å². The van der Waals surface area contributed by atoms with Gasteiger partial charge in [0.15, 0.2) is 5.78 Å². The number of nitrogens with zero attached hydrogens (tertiary/aromatic N) is 3. The molecule has 2 amide bonds. The third-order valence-electron chi connectivity index (χ3n) is 6.37. The molecule has 8 heteroatoms. The van der Waals surface area contributed by atoms with Crippen LogP contribution < -0.4 is 10.2 Å². The molecule has 0 saturated carbocycles. The molecule has 4 rings (SSSR count). The molecule has 2 aliphatic rings. The molecule has 168 valence electrons. The Balaban J connectivity index is 1.48. The summed E-state index contributed by atoms with van der Waals surface area (Å²) in [5.74, 6) is -1.04. The third kappa shape index (κ3) is 4.21. The van der Waals surface area contributed by atoms with Crippen molar-refractivity contribution < 1.29 is 14.4 Å². The molecule has 3 heterocycles. The molecule has 0 spiro atoms. The summed E-state index contributed by atoms with van der Waals surface area (Å²) in [6.45, 7) is 5.75. The minimum Gasteiger partial charge on any atom is -0.365 e. The van der Waals surface area contributed by atoms with Crippen LogP contribution >= 0.6 is 11.6 Å². The zero-order valence-electron chi connectivity index (χ0n) is 18.3. The highest BCUT2D eigenvalue weighted by Crippen LogP contribution is 2.34. The van der Waals surface area contributed by atoms with Gasteiger partial charge in [0.1, 0.15) is 5.54 Å². The topological polar surface area (TPSA) is 82.6 Å². The van der Waals surface area contributed by atoms with Crippen LogP contribution in [0.3, 0.4) is 0 Å². The molecule has 32 heavy (non-hydrogen) atoms. The highest BCUT2D eigenvalue weighted by Gasteiger charge is 2.50. The van der Waals surface area contributed by atoms with Gasteiger partial charge in [0.05, 0.1) is 12.1 Å². The van der Waals surface area contributed by atoms with Gasteiger partial charge in [-0.2, -0.15) is 0 Å². The minimum absolute atomic E-state index is 0.0214. The molecule has 0 radical (unpaired) electrons. The average molecular weight is 455 g/mol. The van der Waals surface area contributed by atoms with Crippen molar-refractivity contribution in [1.82, 2.24) is 15.2 Å². The van der Waals surface area contributed by atoms with Crippen LogP contribution in [0.2, 0.25) is 5.02 Å². The Labute approximate surface area is 192 Å². The lowest BCUT2D eigenvalue weighted by molar-refractivity contribution is -0.137. The van der Waals surface area contributed by atoms with Gasteiger partial charge < -0.3 is 15.1 Å². The van der Waals surface area contributed by atoms with Gasteiger partial charge in [0.25, 0.3) is 0 Å². The summed E-state index contributed by atoms with van der Waals surface area (Å²) in [4.78, 5) is 46.7. The summed E-state index contributed by atoms with van der Waals surface area (Å²) in [6, 6.07) is 13.1. The van der Waals surface area contributed by atoms with Crippen LogP contribution in [-0.4, -0.2) is 53.2 Å². The second kappa shape index (κ2) is 8.90. The van der Waals surface area contributed by atoms with E-state index in [1.54, 1.807) is 24.4 Å². The molecule has 2 aliphatic heterocycles. The molecule has 2 unspecified atom stereocenters. The Morgan fingerprint density at radius 3 is 2.69 bits per heavy atom. The molecule has 2 fully saturated rings. The first-order chi connectivity index (χ1) is 15.3. The van der Waals surface area contributed by atoms with Crippen molar-refractivity contribution in [1.29, 1.82) is 0 Å². The summed E-state index contributed by atoms with van der Waals surface area (Å²) < 4.78 is 0. The second-order valence-electron chi connectivity index (χ2n) is 8.68. The van der Waals surface area contributed by atoms with Crippen molar-refractivity contribution in [3.05, 3.63) is 59.4 Å². The highest BCUT2D eigenvalue weighted by atomic mass is 35.5. The lowest BCUT2D eigenvalue weighted by Gasteiger charge is -2.42. The Hall–Kier alpha value is -2.93. The predicted molar refractivity (Wildman–Crippen MR) is 122 cm³/mol. The Morgan fingerprint density at radius 1 is 1.25 bits per heavy atom.